The Kier molecular flexibility index (Phi) is 8.27. The van der Waals surface area contributed by atoms with Crippen molar-refractivity contribution in [2.24, 2.45) is 0 Å². The van der Waals surface area contributed by atoms with Crippen LogP contribution in [0.3, 0.4) is 0 Å². The molecule has 1 aliphatic heterocycles. The highest BCUT2D eigenvalue weighted by molar-refractivity contribution is 7.89. The van der Waals surface area contributed by atoms with Gasteiger partial charge in [0, 0.05) is 37.9 Å². The number of amides is 1. The van der Waals surface area contributed by atoms with Crippen molar-refractivity contribution in [3.63, 3.8) is 0 Å². The molecule has 2 rings (SSSR count). The van der Waals surface area contributed by atoms with Gasteiger partial charge in [0.2, 0.25) is 10.0 Å². The van der Waals surface area contributed by atoms with Crippen molar-refractivity contribution in [3.05, 3.63) is 23.8 Å². The van der Waals surface area contributed by atoms with Crippen LogP contribution >= 0.6 is 0 Å². The standard InChI is InChI=1S/C20H33N3O4S/c1-5-8-16(4)21-20(24)18-15-17(28(25,26)23(6-2)7-3)9-10-19(18)22-11-13-27-14-12-22/h9-10,15-16H,5-8,11-14H2,1-4H3,(H,21,24)/t16-/m0/s1. The minimum Gasteiger partial charge on any atom is -0.378 e. The Labute approximate surface area is 169 Å². The molecule has 0 radical (unpaired) electrons. The zero-order valence-electron chi connectivity index (χ0n) is 17.4. The lowest BCUT2D eigenvalue weighted by atomic mass is 10.1. The second-order valence-electron chi connectivity index (χ2n) is 7.03. The topological polar surface area (TPSA) is 79.0 Å². The summed E-state index contributed by atoms with van der Waals surface area (Å²) in [5.74, 6) is -0.237. The van der Waals surface area contributed by atoms with Crippen molar-refractivity contribution in [2.45, 2.75) is 51.5 Å². The van der Waals surface area contributed by atoms with Gasteiger partial charge in [-0.05, 0) is 31.5 Å². The van der Waals surface area contributed by atoms with E-state index in [0.717, 1.165) is 18.5 Å². The smallest absolute Gasteiger partial charge is 0.253 e. The number of ether oxygens (including phenoxy) is 1. The maximum Gasteiger partial charge on any atom is 0.253 e. The minimum atomic E-state index is -3.63. The predicted molar refractivity (Wildman–Crippen MR) is 111 cm³/mol. The summed E-state index contributed by atoms with van der Waals surface area (Å²) in [4.78, 5) is 15.2. The van der Waals surface area contributed by atoms with Gasteiger partial charge < -0.3 is 15.0 Å². The number of morpholine rings is 1. The molecule has 1 saturated heterocycles. The molecule has 8 heteroatoms. The maximum atomic E-state index is 13.0. The van der Waals surface area contributed by atoms with E-state index in [1.54, 1.807) is 12.1 Å². The molecule has 0 unspecified atom stereocenters. The summed E-state index contributed by atoms with van der Waals surface area (Å²) in [7, 11) is -3.63. The summed E-state index contributed by atoms with van der Waals surface area (Å²) in [6.07, 6.45) is 1.84. The zero-order valence-corrected chi connectivity index (χ0v) is 18.2. The summed E-state index contributed by atoms with van der Waals surface area (Å²) >= 11 is 0. The van der Waals surface area contributed by atoms with E-state index in [1.807, 2.05) is 20.8 Å². The van der Waals surface area contributed by atoms with E-state index in [-0.39, 0.29) is 16.8 Å². The lowest BCUT2D eigenvalue weighted by Gasteiger charge is -2.31. The maximum absolute atomic E-state index is 13.0. The van der Waals surface area contributed by atoms with E-state index in [0.29, 0.717) is 45.0 Å². The number of carbonyl (C=O) groups is 1. The van der Waals surface area contributed by atoms with Gasteiger partial charge in [-0.3, -0.25) is 4.79 Å². The largest absolute Gasteiger partial charge is 0.378 e. The van der Waals surface area contributed by atoms with Crippen molar-refractivity contribution in [3.8, 4) is 0 Å². The van der Waals surface area contributed by atoms with Gasteiger partial charge in [0.1, 0.15) is 0 Å². The Morgan fingerprint density at radius 3 is 2.43 bits per heavy atom. The lowest BCUT2D eigenvalue weighted by molar-refractivity contribution is 0.0936. The first-order valence-electron chi connectivity index (χ1n) is 10.1. The number of carbonyl (C=O) groups excluding carboxylic acids is 1. The number of sulfonamides is 1. The Morgan fingerprint density at radius 1 is 1.21 bits per heavy atom. The van der Waals surface area contributed by atoms with Gasteiger partial charge in [0.15, 0.2) is 0 Å². The summed E-state index contributed by atoms with van der Waals surface area (Å²) < 4.78 is 32.7. The van der Waals surface area contributed by atoms with Gasteiger partial charge in [-0.1, -0.05) is 27.2 Å². The second-order valence-corrected chi connectivity index (χ2v) is 8.97. The molecule has 1 heterocycles. The van der Waals surface area contributed by atoms with Gasteiger partial charge in [-0.2, -0.15) is 4.31 Å². The third-order valence-corrected chi connectivity index (χ3v) is 7.05. The lowest BCUT2D eigenvalue weighted by Crippen LogP contribution is -2.39. The van der Waals surface area contributed by atoms with Crippen molar-refractivity contribution in [1.29, 1.82) is 0 Å². The highest BCUT2D eigenvalue weighted by Gasteiger charge is 2.26. The average Bonchev–Trinajstić information content (AvgIpc) is 2.69. The molecule has 1 aromatic carbocycles. The number of nitrogens with one attached hydrogen (secondary N) is 1. The fraction of sp³-hybridized carbons (Fsp3) is 0.650. The number of nitrogens with zero attached hydrogens (tertiary/aromatic N) is 2. The molecular formula is C20H33N3O4S. The molecule has 0 aliphatic carbocycles. The van der Waals surface area contributed by atoms with Crippen LogP contribution in [-0.4, -0.2) is 64.1 Å². The van der Waals surface area contributed by atoms with Crippen LogP contribution < -0.4 is 10.2 Å². The van der Waals surface area contributed by atoms with Gasteiger partial charge in [0.25, 0.3) is 5.91 Å². The average molecular weight is 412 g/mol. The van der Waals surface area contributed by atoms with Crippen molar-refractivity contribution < 1.29 is 17.9 Å². The van der Waals surface area contributed by atoms with Crippen LogP contribution in [0.2, 0.25) is 0 Å². The summed E-state index contributed by atoms with van der Waals surface area (Å²) in [5.41, 5.74) is 1.15. The van der Waals surface area contributed by atoms with Crippen LogP contribution in [0.25, 0.3) is 0 Å². The van der Waals surface area contributed by atoms with Crippen LogP contribution in [0, 0.1) is 0 Å². The quantitative estimate of drug-likeness (QED) is 0.675. The molecule has 0 spiro atoms. The molecular weight excluding hydrogens is 378 g/mol. The third kappa shape index (κ3) is 5.24. The molecule has 0 saturated carbocycles. The third-order valence-electron chi connectivity index (χ3n) is 5.01. The molecule has 28 heavy (non-hydrogen) atoms. The molecule has 7 nitrogen and oxygen atoms in total. The van der Waals surface area contributed by atoms with E-state index in [2.05, 4.69) is 17.1 Å². The van der Waals surface area contributed by atoms with E-state index in [9.17, 15) is 13.2 Å². The molecule has 0 bridgehead atoms. The first kappa shape index (κ1) is 22.6. The van der Waals surface area contributed by atoms with Crippen LogP contribution in [0.1, 0.15) is 50.9 Å². The first-order valence-corrected chi connectivity index (χ1v) is 11.6. The Bertz CT molecular complexity index is 757. The number of hydrogen-bond donors (Lipinski definition) is 1. The van der Waals surface area contributed by atoms with E-state index >= 15 is 0 Å². The van der Waals surface area contributed by atoms with Gasteiger partial charge in [-0.15, -0.1) is 0 Å². The number of benzene rings is 1. The van der Waals surface area contributed by atoms with Crippen LogP contribution in [0.5, 0.6) is 0 Å². The normalized spacial score (nSPS) is 16.2. The fourth-order valence-electron chi connectivity index (χ4n) is 3.46. The summed E-state index contributed by atoms with van der Waals surface area (Å²) in [5, 5.41) is 3.01. The molecule has 1 amide bonds. The monoisotopic (exact) mass is 411 g/mol. The molecule has 1 fully saturated rings. The van der Waals surface area contributed by atoms with Crippen LogP contribution in [0.4, 0.5) is 5.69 Å². The van der Waals surface area contributed by atoms with E-state index in [1.165, 1.54) is 10.4 Å². The van der Waals surface area contributed by atoms with Gasteiger partial charge >= 0.3 is 0 Å². The van der Waals surface area contributed by atoms with E-state index in [4.69, 9.17) is 4.74 Å². The Hall–Kier alpha value is -1.64. The highest BCUT2D eigenvalue weighted by Crippen LogP contribution is 2.27. The highest BCUT2D eigenvalue weighted by atomic mass is 32.2. The molecule has 158 valence electrons. The second kappa shape index (κ2) is 10.2. The van der Waals surface area contributed by atoms with Gasteiger partial charge in [0.05, 0.1) is 23.7 Å². The van der Waals surface area contributed by atoms with Crippen molar-refractivity contribution >= 4 is 21.6 Å². The summed E-state index contributed by atoms with van der Waals surface area (Å²) in [6, 6.07) is 4.90. The van der Waals surface area contributed by atoms with Gasteiger partial charge in [-0.25, -0.2) is 8.42 Å². The minimum absolute atomic E-state index is 0.0260. The van der Waals surface area contributed by atoms with Crippen molar-refractivity contribution in [1.82, 2.24) is 9.62 Å². The number of rotatable bonds is 9. The predicted octanol–water partition coefficient (Wildman–Crippen LogP) is 2.47. The molecule has 1 atom stereocenters. The number of hydrogen-bond acceptors (Lipinski definition) is 5. The number of anilines is 1. The Balaban J connectivity index is 2.45. The van der Waals surface area contributed by atoms with Crippen LogP contribution in [0.15, 0.2) is 23.1 Å². The van der Waals surface area contributed by atoms with Crippen LogP contribution in [-0.2, 0) is 14.8 Å². The zero-order chi connectivity index (χ0) is 20.7. The molecule has 1 aromatic rings. The van der Waals surface area contributed by atoms with Crippen molar-refractivity contribution in [2.75, 3.05) is 44.3 Å². The molecule has 1 aliphatic rings. The SMILES string of the molecule is CCC[C@H](C)NC(=O)c1cc(S(=O)(=O)N(CC)CC)ccc1N1CCOCC1. The first-order chi connectivity index (χ1) is 13.3. The molecule has 0 aromatic heterocycles. The van der Waals surface area contributed by atoms with E-state index < -0.39 is 10.0 Å². The molecule has 1 N–H and O–H groups in total. The summed E-state index contributed by atoms with van der Waals surface area (Å²) in [6.45, 7) is 11.0. The Morgan fingerprint density at radius 2 is 1.86 bits per heavy atom. The fourth-order valence-corrected chi connectivity index (χ4v) is 4.94.